The predicted molar refractivity (Wildman–Crippen MR) is 54.1 cm³/mol. The predicted octanol–water partition coefficient (Wildman–Crippen LogP) is 3.21. The molecule has 0 spiro atoms. The molecule has 13 heavy (non-hydrogen) atoms. The first kappa shape index (κ1) is 8.61. The maximum Gasteiger partial charge on any atom is 0.119 e. The highest BCUT2D eigenvalue weighted by molar-refractivity contribution is 5.32. The molecule has 1 aliphatic carbocycles. The second kappa shape index (κ2) is 3.41. The molecule has 0 aromatic heterocycles. The van der Waals surface area contributed by atoms with Gasteiger partial charge in [-0.2, -0.15) is 0 Å². The second-order valence-electron chi connectivity index (χ2n) is 3.82. The molecule has 0 amide bonds. The minimum atomic E-state index is 0.749. The van der Waals surface area contributed by atoms with E-state index in [-0.39, 0.29) is 0 Å². The molecule has 1 nitrogen and oxygen atoms in total. The minimum Gasteiger partial charge on any atom is -0.494 e. The number of benzene rings is 1. The fourth-order valence-electron chi connectivity index (χ4n) is 1.76. The quantitative estimate of drug-likeness (QED) is 0.687. The van der Waals surface area contributed by atoms with Crippen molar-refractivity contribution in [2.45, 2.75) is 26.2 Å². The van der Waals surface area contributed by atoms with E-state index in [1.807, 2.05) is 6.92 Å². The lowest BCUT2D eigenvalue weighted by atomic mass is 10.1. The molecular weight excluding hydrogens is 160 g/mol. The number of hydrogen-bond acceptors (Lipinski definition) is 1. The molecular formula is C12H16O. The molecule has 0 heterocycles. The minimum absolute atomic E-state index is 0.749. The van der Waals surface area contributed by atoms with Crippen LogP contribution in [0.5, 0.6) is 5.75 Å². The summed E-state index contributed by atoms with van der Waals surface area (Å²) in [6, 6.07) is 8.53. The van der Waals surface area contributed by atoms with Gasteiger partial charge in [0.2, 0.25) is 0 Å². The Morgan fingerprint density at radius 2 is 1.92 bits per heavy atom. The van der Waals surface area contributed by atoms with Crippen LogP contribution in [0.4, 0.5) is 0 Å². The summed E-state index contributed by atoms with van der Waals surface area (Å²) in [5, 5.41) is 0. The van der Waals surface area contributed by atoms with E-state index in [9.17, 15) is 0 Å². The lowest BCUT2D eigenvalue weighted by Gasteiger charge is -2.03. The van der Waals surface area contributed by atoms with Crippen LogP contribution >= 0.6 is 0 Å². The van der Waals surface area contributed by atoms with Gasteiger partial charge in [-0.1, -0.05) is 19.1 Å². The Balaban J connectivity index is 2.06. The summed E-state index contributed by atoms with van der Waals surface area (Å²) in [5.74, 6) is 2.69. The number of hydrogen-bond donors (Lipinski definition) is 0. The highest BCUT2D eigenvalue weighted by Gasteiger charge is 2.33. The van der Waals surface area contributed by atoms with E-state index in [0.29, 0.717) is 0 Å². The van der Waals surface area contributed by atoms with Gasteiger partial charge in [-0.05, 0) is 42.9 Å². The molecule has 1 aliphatic rings. The van der Waals surface area contributed by atoms with Crippen molar-refractivity contribution >= 4 is 0 Å². The summed E-state index contributed by atoms with van der Waals surface area (Å²) in [4.78, 5) is 0. The van der Waals surface area contributed by atoms with Crippen molar-refractivity contribution in [2.24, 2.45) is 5.92 Å². The molecule has 0 aliphatic heterocycles. The van der Waals surface area contributed by atoms with Gasteiger partial charge in [-0.25, -0.2) is 0 Å². The Morgan fingerprint density at radius 3 is 2.38 bits per heavy atom. The largest absolute Gasteiger partial charge is 0.494 e. The first-order chi connectivity index (χ1) is 6.31. The van der Waals surface area contributed by atoms with Gasteiger partial charge in [0, 0.05) is 0 Å². The van der Waals surface area contributed by atoms with Gasteiger partial charge >= 0.3 is 0 Å². The molecule has 1 saturated carbocycles. The maximum absolute atomic E-state index is 5.39. The molecule has 0 N–H and O–H groups in total. The van der Waals surface area contributed by atoms with Crippen LogP contribution in [0.2, 0.25) is 0 Å². The highest BCUT2D eigenvalue weighted by Crippen LogP contribution is 2.46. The van der Waals surface area contributed by atoms with Gasteiger partial charge in [0.05, 0.1) is 6.61 Å². The van der Waals surface area contributed by atoms with Gasteiger partial charge < -0.3 is 4.74 Å². The first-order valence-electron chi connectivity index (χ1n) is 5.04. The average Bonchev–Trinajstić information content (AvgIpc) is 2.85. The Bertz CT molecular complexity index is 276. The van der Waals surface area contributed by atoms with Crippen LogP contribution in [-0.2, 0) is 0 Å². The summed E-state index contributed by atoms with van der Waals surface area (Å²) in [7, 11) is 0. The zero-order chi connectivity index (χ0) is 9.26. The van der Waals surface area contributed by atoms with Crippen molar-refractivity contribution in [1.29, 1.82) is 0 Å². The van der Waals surface area contributed by atoms with Gasteiger partial charge in [-0.3, -0.25) is 0 Å². The average molecular weight is 176 g/mol. The van der Waals surface area contributed by atoms with Gasteiger partial charge in [0.15, 0.2) is 0 Å². The first-order valence-corrected chi connectivity index (χ1v) is 5.04. The third-order valence-electron chi connectivity index (χ3n) is 2.73. The lowest BCUT2D eigenvalue weighted by molar-refractivity contribution is 0.340. The molecule has 1 aromatic carbocycles. The van der Waals surface area contributed by atoms with Crippen LogP contribution in [0.3, 0.4) is 0 Å². The molecule has 0 radical (unpaired) electrons. The Kier molecular flexibility index (Phi) is 2.26. The van der Waals surface area contributed by atoms with E-state index >= 15 is 0 Å². The molecule has 1 heteroatoms. The molecule has 1 fully saturated rings. The standard InChI is InChI=1S/C12H16O/c1-3-13-11-6-4-10(5-7-11)12-8-9(12)2/h4-7,9,12H,3,8H2,1-2H3/t9-,12-/m0/s1. The lowest BCUT2D eigenvalue weighted by Crippen LogP contribution is -1.91. The smallest absolute Gasteiger partial charge is 0.119 e. The van der Waals surface area contributed by atoms with Crippen LogP contribution in [0.1, 0.15) is 31.7 Å². The van der Waals surface area contributed by atoms with Crippen molar-refractivity contribution in [3.05, 3.63) is 29.8 Å². The van der Waals surface area contributed by atoms with E-state index in [1.165, 1.54) is 12.0 Å². The summed E-state index contributed by atoms with van der Waals surface area (Å²) < 4.78 is 5.39. The Hall–Kier alpha value is -0.980. The zero-order valence-corrected chi connectivity index (χ0v) is 8.29. The molecule has 70 valence electrons. The van der Waals surface area contributed by atoms with Gasteiger partial charge in [0.25, 0.3) is 0 Å². The molecule has 1 aromatic rings. The monoisotopic (exact) mass is 176 g/mol. The second-order valence-corrected chi connectivity index (χ2v) is 3.82. The Morgan fingerprint density at radius 1 is 1.31 bits per heavy atom. The summed E-state index contributed by atoms with van der Waals surface area (Å²) in [6.07, 6.45) is 1.36. The molecule has 0 bridgehead atoms. The fraction of sp³-hybridized carbons (Fsp3) is 0.500. The van der Waals surface area contributed by atoms with Gasteiger partial charge in [-0.15, -0.1) is 0 Å². The normalized spacial score (nSPS) is 25.7. The third kappa shape index (κ3) is 1.85. The van der Waals surface area contributed by atoms with Crippen LogP contribution in [0.15, 0.2) is 24.3 Å². The third-order valence-corrected chi connectivity index (χ3v) is 2.73. The van der Waals surface area contributed by atoms with Crippen molar-refractivity contribution in [2.75, 3.05) is 6.61 Å². The van der Waals surface area contributed by atoms with Crippen LogP contribution < -0.4 is 4.74 Å². The molecule has 0 unspecified atom stereocenters. The summed E-state index contributed by atoms with van der Waals surface area (Å²) in [6.45, 7) is 5.07. The van der Waals surface area contributed by atoms with Crippen LogP contribution in [-0.4, -0.2) is 6.61 Å². The number of rotatable bonds is 3. The summed E-state index contributed by atoms with van der Waals surface area (Å²) >= 11 is 0. The zero-order valence-electron chi connectivity index (χ0n) is 8.29. The van der Waals surface area contributed by atoms with Crippen molar-refractivity contribution < 1.29 is 4.74 Å². The van der Waals surface area contributed by atoms with Crippen molar-refractivity contribution in [3.8, 4) is 5.75 Å². The topological polar surface area (TPSA) is 9.23 Å². The van der Waals surface area contributed by atoms with E-state index in [1.54, 1.807) is 0 Å². The Labute approximate surface area is 79.7 Å². The molecule has 0 saturated heterocycles. The van der Waals surface area contributed by atoms with Crippen LogP contribution in [0, 0.1) is 5.92 Å². The maximum atomic E-state index is 5.39. The number of ether oxygens (including phenoxy) is 1. The van der Waals surface area contributed by atoms with E-state index in [2.05, 4.69) is 31.2 Å². The molecule has 2 rings (SSSR count). The van der Waals surface area contributed by atoms with E-state index in [4.69, 9.17) is 4.74 Å². The van der Waals surface area contributed by atoms with Crippen molar-refractivity contribution in [3.63, 3.8) is 0 Å². The highest BCUT2D eigenvalue weighted by atomic mass is 16.5. The van der Waals surface area contributed by atoms with E-state index in [0.717, 1.165) is 24.2 Å². The summed E-state index contributed by atoms with van der Waals surface area (Å²) in [5.41, 5.74) is 1.47. The van der Waals surface area contributed by atoms with Crippen molar-refractivity contribution in [1.82, 2.24) is 0 Å². The van der Waals surface area contributed by atoms with Gasteiger partial charge in [0.1, 0.15) is 5.75 Å². The fourth-order valence-corrected chi connectivity index (χ4v) is 1.76. The molecule has 2 atom stereocenters. The SMILES string of the molecule is CCOc1ccc([C@H]2C[C@@H]2C)cc1. The van der Waals surface area contributed by atoms with Crippen LogP contribution in [0.25, 0.3) is 0 Å². The van der Waals surface area contributed by atoms with E-state index < -0.39 is 0 Å².